The summed E-state index contributed by atoms with van der Waals surface area (Å²) in [6.45, 7) is 0. The van der Waals surface area contributed by atoms with Gasteiger partial charge in [-0.05, 0) is 0 Å². The van der Waals surface area contributed by atoms with Gasteiger partial charge in [0.25, 0.3) is 0 Å². The maximum Gasteiger partial charge on any atom is 3.00 e. The Balaban J connectivity index is 0. The minimum atomic E-state index is 0. The van der Waals surface area contributed by atoms with Crippen LogP contribution < -0.4 is 12.4 Å². The van der Waals surface area contributed by atoms with Crippen molar-refractivity contribution in [2.24, 2.45) is 0 Å². The van der Waals surface area contributed by atoms with E-state index in [1.165, 1.54) is 0 Å². The van der Waals surface area contributed by atoms with Crippen molar-refractivity contribution in [2.75, 3.05) is 0 Å². The van der Waals surface area contributed by atoms with Gasteiger partial charge in [-0.2, -0.15) is 0 Å². The van der Waals surface area contributed by atoms with Crippen molar-refractivity contribution in [3.05, 3.63) is 0 Å². The first-order valence-electron chi connectivity index (χ1n) is 0. The molecule has 0 atom stereocenters. The molecule has 22 valence electrons. The molecule has 0 aromatic carbocycles. The van der Waals surface area contributed by atoms with E-state index in [0.717, 1.165) is 0 Å². The van der Waals surface area contributed by atoms with Crippen LogP contribution in [0, 0.1) is 0 Å². The van der Waals surface area contributed by atoms with Crippen LogP contribution in [0.5, 0.6) is 0 Å². The molecule has 0 saturated heterocycles. The minimum Gasteiger partial charge on any atom is -2.00 e. The summed E-state index contributed by atoms with van der Waals surface area (Å²) < 4.78 is 0. The molecular weight excluding hydrogens is 155 g/mol. The third kappa shape index (κ3) is 10.3. The van der Waals surface area contributed by atoms with Crippen molar-refractivity contribution in [3.63, 3.8) is 0 Å². The summed E-state index contributed by atoms with van der Waals surface area (Å²) in [5, 5.41) is 0. The van der Waals surface area contributed by atoms with Gasteiger partial charge in [0, 0.05) is 0 Å². The van der Waals surface area contributed by atoms with Crippen LogP contribution in [0.25, 0.3) is 0 Å². The Morgan fingerprint density at radius 2 is 0.750 bits per heavy atom. The normalized spacial score (nSPS) is 0. The summed E-state index contributed by atoms with van der Waals surface area (Å²) in [6, 6.07) is 0. The molecule has 4 heavy (non-hydrogen) atoms. The Hall–Kier alpha value is 1.31. The summed E-state index contributed by atoms with van der Waals surface area (Å²) in [4.78, 5) is 0. The van der Waals surface area contributed by atoms with E-state index in [-0.39, 0.29) is 52.6 Å². The molecule has 0 aliphatic heterocycles. The third-order valence-electron chi connectivity index (χ3n) is 0. The molecule has 0 rings (SSSR count). The number of halogens is 1. The van der Waals surface area contributed by atoms with E-state index in [9.17, 15) is 0 Å². The molecule has 0 fully saturated rings. The molecule has 0 N–H and O–H groups in total. The summed E-state index contributed by atoms with van der Waals surface area (Å²) in [6.07, 6.45) is 0. The molecule has 0 heterocycles. The molecule has 0 unspecified atom stereocenters. The average molecular weight is 155 g/mol. The Bertz CT molecular complexity index is 6.00. The van der Waals surface area contributed by atoms with E-state index in [1.54, 1.807) is 0 Å². The van der Waals surface area contributed by atoms with Crippen LogP contribution in [-0.2, 0) is 40.2 Å². The molecule has 0 bridgehead atoms. The van der Waals surface area contributed by atoms with Gasteiger partial charge >= 0.3 is 34.7 Å². The molecule has 1 nitrogen and oxygen atoms in total. The van der Waals surface area contributed by atoms with Crippen LogP contribution in [0.1, 0.15) is 0 Å². The summed E-state index contributed by atoms with van der Waals surface area (Å²) >= 11 is 0. The van der Waals surface area contributed by atoms with Gasteiger partial charge in [-0.15, -0.1) is 0 Å². The van der Waals surface area contributed by atoms with Gasteiger partial charge < -0.3 is 17.9 Å². The SMILES string of the molecule is [Cl-].[Cr+3].[Cr+3].[O-2]. The van der Waals surface area contributed by atoms with Crippen LogP contribution in [0.3, 0.4) is 0 Å². The van der Waals surface area contributed by atoms with E-state index in [4.69, 9.17) is 0 Å². The zero-order valence-electron chi connectivity index (χ0n) is 1.60. The van der Waals surface area contributed by atoms with Crippen molar-refractivity contribution in [2.45, 2.75) is 0 Å². The van der Waals surface area contributed by atoms with Crippen molar-refractivity contribution < 1.29 is 52.6 Å². The van der Waals surface area contributed by atoms with Crippen molar-refractivity contribution in [1.29, 1.82) is 0 Å². The van der Waals surface area contributed by atoms with Gasteiger partial charge in [0.15, 0.2) is 0 Å². The van der Waals surface area contributed by atoms with E-state index in [2.05, 4.69) is 0 Å². The Labute approximate surface area is 52.7 Å². The first-order valence-corrected chi connectivity index (χ1v) is 0. The summed E-state index contributed by atoms with van der Waals surface area (Å²) in [5.41, 5.74) is 0. The van der Waals surface area contributed by atoms with Gasteiger partial charge in [-0.25, -0.2) is 0 Å². The molecule has 0 aromatic heterocycles. The molecule has 2 radical (unpaired) electrons. The second kappa shape index (κ2) is 27.4. The molecule has 0 aliphatic rings. The fourth-order valence-corrected chi connectivity index (χ4v) is 0. The maximum absolute atomic E-state index is 0. The number of hydrogen-bond donors (Lipinski definition) is 0. The Morgan fingerprint density at radius 3 is 0.750 bits per heavy atom. The quantitative estimate of drug-likeness (QED) is 0.354. The summed E-state index contributed by atoms with van der Waals surface area (Å²) in [5.74, 6) is 0. The van der Waals surface area contributed by atoms with E-state index in [0.29, 0.717) is 0 Å². The fraction of sp³-hybridized carbons (Fsp3) is 0. The molecule has 0 aromatic rings. The first-order chi connectivity index (χ1) is 0. The monoisotopic (exact) mass is 155 g/mol. The van der Waals surface area contributed by atoms with E-state index < -0.39 is 0 Å². The predicted octanol–water partition coefficient (Wildman–Crippen LogP) is -3.12. The van der Waals surface area contributed by atoms with Gasteiger partial charge in [0.2, 0.25) is 0 Å². The zero-order valence-corrected chi connectivity index (χ0v) is 4.91. The van der Waals surface area contributed by atoms with E-state index in [1.807, 2.05) is 0 Å². The topological polar surface area (TPSA) is 28.5 Å². The van der Waals surface area contributed by atoms with Crippen LogP contribution >= 0.6 is 0 Å². The maximum atomic E-state index is 0. The zero-order chi connectivity index (χ0) is 0. The van der Waals surface area contributed by atoms with Crippen LogP contribution in [0.15, 0.2) is 0 Å². The van der Waals surface area contributed by atoms with Crippen molar-refractivity contribution >= 4 is 0 Å². The largest absolute Gasteiger partial charge is 3.00 e. The van der Waals surface area contributed by atoms with Gasteiger partial charge in [-0.1, -0.05) is 0 Å². The molecular formula is ClCr2O+3. The fourth-order valence-electron chi connectivity index (χ4n) is 0. The summed E-state index contributed by atoms with van der Waals surface area (Å²) in [7, 11) is 0. The Kier molecular flexibility index (Phi) is 392. The molecule has 0 saturated carbocycles. The standard InChI is InChI=1S/ClH.2Cr.O/h1H;;;/q;2*+3;-2/p-1. The van der Waals surface area contributed by atoms with Crippen molar-refractivity contribution in [3.8, 4) is 0 Å². The van der Waals surface area contributed by atoms with Crippen LogP contribution in [0.2, 0.25) is 0 Å². The molecule has 4 heteroatoms. The molecule has 0 amide bonds. The van der Waals surface area contributed by atoms with Crippen LogP contribution in [-0.4, -0.2) is 0 Å². The average Bonchev–Trinajstić information content (AvgIpc) is 0. The third-order valence-corrected chi connectivity index (χ3v) is 0. The second-order valence-corrected chi connectivity index (χ2v) is 0. The first kappa shape index (κ1) is 57.2. The van der Waals surface area contributed by atoms with Crippen molar-refractivity contribution in [1.82, 2.24) is 0 Å². The van der Waals surface area contributed by atoms with Crippen LogP contribution in [0.4, 0.5) is 0 Å². The van der Waals surface area contributed by atoms with Gasteiger partial charge in [0.05, 0.1) is 0 Å². The predicted molar refractivity (Wildman–Crippen MR) is 0.686 cm³/mol. The van der Waals surface area contributed by atoms with E-state index >= 15 is 0 Å². The number of hydrogen-bond acceptors (Lipinski definition) is 0. The molecule has 0 spiro atoms. The van der Waals surface area contributed by atoms with Gasteiger partial charge in [-0.3, -0.25) is 0 Å². The smallest absolute Gasteiger partial charge is 2.00 e. The second-order valence-electron chi connectivity index (χ2n) is 0. The van der Waals surface area contributed by atoms with Gasteiger partial charge in [0.1, 0.15) is 0 Å². The minimum absolute atomic E-state index is 0. The Morgan fingerprint density at radius 1 is 0.750 bits per heavy atom. The molecule has 0 aliphatic carbocycles. The number of rotatable bonds is 0.